The van der Waals surface area contributed by atoms with Crippen LogP contribution in [0.5, 0.6) is 11.5 Å². The molecule has 0 saturated heterocycles. The lowest BCUT2D eigenvalue weighted by Crippen LogP contribution is -2.40. The van der Waals surface area contributed by atoms with Crippen molar-refractivity contribution in [3.8, 4) is 22.8 Å². The molecule has 5 N–H and O–H groups in total. The number of nitrogens with zero attached hydrogens (tertiary/aromatic N) is 2. The fraction of sp³-hybridized carbons (Fsp3) is 0.282. The van der Waals surface area contributed by atoms with Gasteiger partial charge < -0.3 is 26.3 Å². The van der Waals surface area contributed by atoms with E-state index in [2.05, 4.69) is 23.5 Å². The van der Waals surface area contributed by atoms with Gasteiger partial charge in [-0.1, -0.05) is 48.1 Å². The number of allylic oxidation sites excluding steroid dienone is 5. The number of fused-ring (bicyclic) bond motifs is 1. The highest BCUT2D eigenvalue weighted by molar-refractivity contribution is 6.31. The standard InChI is InChI=1S/C39H40ClF2N5O4/c1-6-8-21(2)9-7-10-22(3)27(19-46-37(48)23-13-24(18-45-25-11-12-25)34(43)33(14-23)50-5)32-16-28-36(51-20-39(28,4)38(44)49)35(47-32)26-15-29(40)31(42)17-30(26)41/h6-7,9-10,13-18,25,27H,1,3,8,11-12,19-20,43H2,2,4-5H3,(H2,44,49)(H,46,48)/b10-7-,21-9?,45-18?/t27-,39-/m0/s1. The van der Waals surface area contributed by atoms with Crippen molar-refractivity contribution in [2.45, 2.75) is 50.5 Å². The monoisotopic (exact) mass is 715 g/mol. The number of anilines is 1. The van der Waals surface area contributed by atoms with E-state index in [-0.39, 0.29) is 46.8 Å². The van der Waals surface area contributed by atoms with Crippen LogP contribution in [-0.4, -0.2) is 49.3 Å². The molecular weight excluding hydrogens is 676 g/mol. The summed E-state index contributed by atoms with van der Waals surface area (Å²) >= 11 is 6.08. The molecule has 0 bridgehead atoms. The largest absolute Gasteiger partial charge is 0.495 e. The second-order valence-corrected chi connectivity index (χ2v) is 13.3. The zero-order valence-electron chi connectivity index (χ0n) is 28.7. The third-order valence-electron chi connectivity index (χ3n) is 8.96. The highest BCUT2D eigenvalue weighted by Gasteiger charge is 2.44. The van der Waals surface area contributed by atoms with Gasteiger partial charge in [-0.2, -0.15) is 0 Å². The van der Waals surface area contributed by atoms with Crippen molar-refractivity contribution in [3.63, 3.8) is 0 Å². The van der Waals surface area contributed by atoms with Gasteiger partial charge in [-0.25, -0.2) is 13.8 Å². The number of nitrogens with two attached hydrogens (primary N) is 2. The summed E-state index contributed by atoms with van der Waals surface area (Å²) < 4.78 is 41.0. The molecule has 2 aliphatic rings. The number of rotatable bonds is 14. The first kappa shape index (κ1) is 37.0. The number of carbonyl (C=O) groups excluding carboxylic acids is 2. The predicted molar refractivity (Wildman–Crippen MR) is 197 cm³/mol. The highest BCUT2D eigenvalue weighted by Crippen LogP contribution is 2.46. The minimum atomic E-state index is -1.31. The third kappa shape index (κ3) is 8.04. The molecule has 266 valence electrons. The molecule has 0 spiro atoms. The maximum Gasteiger partial charge on any atom is 0.251 e. The first-order valence-corrected chi connectivity index (χ1v) is 16.7. The summed E-state index contributed by atoms with van der Waals surface area (Å²) in [5.74, 6) is -3.29. The predicted octanol–water partition coefficient (Wildman–Crippen LogP) is 7.14. The van der Waals surface area contributed by atoms with E-state index in [1.54, 1.807) is 43.5 Å². The Bertz CT molecular complexity index is 2010. The number of pyridine rings is 1. The Kier molecular flexibility index (Phi) is 11.1. The Labute approximate surface area is 300 Å². The van der Waals surface area contributed by atoms with Gasteiger partial charge in [0.05, 0.1) is 29.6 Å². The van der Waals surface area contributed by atoms with E-state index < -0.39 is 34.8 Å². The number of hydrogen-bond acceptors (Lipinski definition) is 7. The van der Waals surface area contributed by atoms with Crippen molar-refractivity contribution < 1.29 is 27.8 Å². The van der Waals surface area contributed by atoms with Crippen LogP contribution in [0.15, 0.2) is 83.9 Å². The van der Waals surface area contributed by atoms with Gasteiger partial charge in [0.25, 0.3) is 5.91 Å². The lowest BCUT2D eigenvalue weighted by Gasteiger charge is -2.23. The Morgan fingerprint density at radius 1 is 1.24 bits per heavy atom. The van der Waals surface area contributed by atoms with Gasteiger partial charge in [-0.3, -0.25) is 14.6 Å². The molecule has 1 saturated carbocycles. The average Bonchev–Trinajstić information content (AvgIpc) is 3.86. The molecule has 3 aromatic rings. The maximum absolute atomic E-state index is 15.4. The lowest BCUT2D eigenvalue weighted by atomic mass is 9.81. The summed E-state index contributed by atoms with van der Waals surface area (Å²) in [4.78, 5) is 35.8. The van der Waals surface area contributed by atoms with E-state index in [0.29, 0.717) is 46.3 Å². The number of amides is 2. The molecule has 0 radical (unpaired) electrons. The van der Waals surface area contributed by atoms with Crippen LogP contribution < -0.4 is 26.3 Å². The number of methoxy groups -OCH3 is 1. The molecule has 1 aliphatic carbocycles. The molecule has 1 fully saturated rings. The normalized spacial score (nSPS) is 17.6. The van der Waals surface area contributed by atoms with Crippen molar-refractivity contribution in [2.75, 3.05) is 26.0 Å². The van der Waals surface area contributed by atoms with Gasteiger partial charge in [-0.15, -0.1) is 6.58 Å². The van der Waals surface area contributed by atoms with Crippen molar-refractivity contribution in [1.29, 1.82) is 0 Å². The van der Waals surface area contributed by atoms with Crippen LogP contribution in [0.1, 0.15) is 66.2 Å². The number of nitrogens with one attached hydrogen (secondary N) is 1. The van der Waals surface area contributed by atoms with E-state index in [0.717, 1.165) is 24.5 Å². The highest BCUT2D eigenvalue weighted by atomic mass is 35.5. The van der Waals surface area contributed by atoms with Gasteiger partial charge in [0.15, 0.2) is 0 Å². The van der Waals surface area contributed by atoms with Gasteiger partial charge in [0, 0.05) is 47.0 Å². The van der Waals surface area contributed by atoms with Crippen LogP contribution in [0.3, 0.4) is 0 Å². The summed E-state index contributed by atoms with van der Waals surface area (Å²) in [6.07, 6.45) is 11.6. The fourth-order valence-corrected chi connectivity index (χ4v) is 5.77. The average molecular weight is 716 g/mol. The summed E-state index contributed by atoms with van der Waals surface area (Å²) in [6.45, 7) is 11.5. The van der Waals surface area contributed by atoms with Crippen LogP contribution >= 0.6 is 11.6 Å². The van der Waals surface area contributed by atoms with Crippen LogP contribution in [0.4, 0.5) is 14.5 Å². The van der Waals surface area contributed by atoms with E-state index in [1.165, 1.54) is 7.11 Å². The molecule has 1 aromatic heterocycles. The number of halogens is 3. The zero-order chi connectivity index (χ0) is 37.0. The molecule has 2 atom stereocenters. The minimum absolute atomic E-state index is 0.00966. The van der Waals surface area contributed by atoms with Crippen molar-refractivity contribution in [1.82, 2.24) is 10.3 Å². The summed E-state index contributed by atoms with van der Waals surface area (Å²) in [5, 5.41) is 2.63. The van der Waals surface area contributed by atoms with Crippen LogP contribution in [0, 0.1) is 11.6 Å². The SMILES string of the molecule is C=CCC(C)=C/C=C\C(=C)[C@H](CNC(=O)c1cc(C=NC2CC2)c(N)c(OC)c1)c1cc2c(c(-c3cc(Cl)c(F)cc3F)n1)OC[C@]2(C)C(N)=O. The van der Waals surface area contributed by atoms with Gasteiger partial charge in [-0.05, 0) is 62.9 Å². The molecule has 2 amide bonds. The Balaban J connectivity index is 1.59. The number of ether oxygens (including phenoxy) is 2. The fourth-order valence-electron chi connectivity index (χ4n) is 5.61. The summed E-state index contributed by atoms with van der Waals surface area (Å²) in [5.41, 5.74) is 14.1. The molecule has 2 aromatic carbocycles. The second kappa shape index (κ2) is 15.3. The molecule has 1 aliphatic heterocycles. The summed E-state index contributed by atoms with van der Waals surface area (Å²) in [7, 11) is 1.46. The molecular formula is C39H40ClF2N5O4. The van der Waals surface area contributed by atoms with Crippen molar-refractivity contribution >= 4 is 35.3 Å². The van der Waals surface area contributed by atoms with Crippen molar-refractivity contribution in [3.05, 3.63) is 118 Å². The summed E-state index contributed by atoms with van der Waals surface area (Å²) in [6, 6.07) is 6.83. The lowest BCUT2D eigenvalue weighted by molar-refractivity contribution is -0.123. The smallest absolute Gasteiger partial charge is 0.251 e. The number of hydrogen-bond donors (Lipinski definition) is 3. The van der Waals surface area contributed by atoms with Crippen LogP contribution in [-0.2, 0) is 10.2 Å². The number of nitrogen functional groups attached to an aromatic ring is 1. The second-order valence-electron chi connectivity index (χ2n) is 12.9. The quantitative estimate of drug-likeness (QED) is 0.0533. The van der Waals surface area contributed by atoms with Gasteiger partial charge in [0.1, 0.15) is 40.8 Å². The number of benzene rings is 2. The molecule has 12 heteroatoms. The Morgan fingerprint density at radius 2 is 1.98 bits per heavy atom. The first-order valence-electron chi connectivity index (χ1n) is 16.3. The van der Waals surface area contributed by atoms with Crippen LogP contribution in [0.25, 0.3) is 11.3 Å². The Hall–Kier alpha value is -5.29. The number of primary amides is 1. The third-order valence-corrected chi connectivity index (χ3v) is 9.25. The Morgan fingerprint density at radius 3 is 2.65 bits per heavy atom. The molecule has 5 rings (SSSR count). The van der Waals surface area contributed by atoms with Gasteiger partial charge in [0.2, 0.25) is 5.91 Å². The molecule has 9 nitrogen and oxygen atoms in total. The topological polar surface area (TPSA) is 142 Å². The number of aromatic nitrogens is 1. The van der Waals surface area contributed by atoms with Gasteiger partial charge >= 0.3 is 0 Å². The maximum atomic E-state index is 15.4. The number of carbonyl (C=O) groups is 2. The van der Waals surface area contributed by atoms with E-state index >= 15 is 4.39 Å². The zero-order valence-corrected chi connectivity index (χ0v) is 29.4. The first-order chi connectivity index (χ1) is 24.3. The molecule has 2 heterocycles. The van der Waals surface area contributed by atoms with Crippen LogP contribution in [0.2, 0.25) is 5.02 Å². The van der Waals surface area contributed by atoms with E-state index in [1.807, 2.05) is 19.1 Å². The van der Waals surface area contributed by atoms with Crippen molar-refractivity contribution in [2.24, 2.45) is 10.7 Å². The van der Waals surface area contributed by atoms with E-state index in [4.69, 9.17) is 37.5 Å². The molecule has 51 heavy (non-hydrogen) atoms. The minimum Gasteiger partial charge on any atom is -0.495 e. The van der Waals surface area contributed by atoms with E-state index in [9.17, 15) is 14.0 Å². The number of aliphatic imine (C=N–C) groups is 1. The molecule has 0 unspecified atom stereocenters.